The first-order chi connectivity index (χ1) is 16.6. The maximum absolute atomic E-state index is 13.5. The van der Waals surface area contributed by atoms with Crippen molar-refractivity contribution in [1.82, 2.24) is 8.61 Å². The van der Waals surface area contributed by atoms with Crippen LogP contribution in [0.4, 0.5) is 5.69 Å². The zero-order valence-corrected chi connectivity index (χ0v) is 21.2. The molecule has 1 saturated heterocycles. The summed E-state index contributed by atoms with van der Waals surface area (Å²) >= 11 is 6.01. The molecule has 1 fully saturated rings. The van der Waals surface area contributed by atoms with Gasteiger partial charge >= 0.3 is 0 Å². The number of carbonyl (C=O) groups excluding carboxylic acids is 1. The Morgan fingerprint density at radius 3 is 2.00 bits per heavy atom. The monoisotopic (exact) mass is 533 g/mol. The number of benzene rings is 3. The Labute approximate surface area is 210 Å². The molecule has 3 aromatic rings. The quantitative estimate of drug-likeness (QED) is 0.523. The summed E-state index contributed by atoms with van der Waals surface area (Å²) in [6, 6.07) is 19.2. The van der Waals surface area contributed by atoms with Crippen LogP contribution in [-0.2, 0) is 24.8 Å². The van der Waals surface area contributed by atoms with E-state index in [-0.39, 0.29) is 29.4 Å². The SMILES string of the molecule is Cc1cc(Cl)ccc1NC(=O)[C@H]1CN(S(=O)(=O)c2ccccc2)CCN1S(=O)(=O)c1ccccc1. The fraction of sp³-hybridized carbons (Fsp3) is 0.208. The van der Waals surface area contributed by atoms with Gasteiger partial charge in [0.2, 0.25) is 26.0 Å². The number of aryl methyl sites for hydroxylation is 1. The van der Waals surface area contributed by atoms with Gasteiger partial charge in [-0.15, -0.1) is 0 Å². The largest absolute Gasteiger partial charge is 0.324 e. The summed E-state index contributed by atoms with van der Waals surface area (Å²) < 4.78 is 55.6. The fourth-order valence-corrected chi connectivity index (χ4v) is 7.19. The van der Waals surface area contributed by atoms with E-state index in [1.165, 1.54) is 24.3 Å². The number of sulfonamides is 2. The van der Waals surface area contributed by atoms with Gasteiger partial charge in [-0.1, -0.05) is 48.0 Å². The van der Waals surface area contributed by atoms with Crippen LogP contribution in [0.2, 0.25) is 5.02 Å². The lowest BCUT2D eigenvalue weighted by atomic mass is 10.1. The summed E-state index contributed by atoms with van der Waals surface area (Å²) in [5, 5.41) is 3.24. The van der Waals surface area contributed by atoms with Crippen LogP contribution in [0.3, 0.4) is 0 Å². The van der Waals surface area contributed by atoms with Crippen molar-refractivity contribution < 1.29 is 21.6 Å². The zero-order valence-electron chi connectivity index (χ0n) is 18.8. The van der Waals surface area contributed by atoms with Crippen molar-refractivity contribution in [3.05, 3.63) is 89.4 Å². The molecule has 0 saturated carbocycles. The van der Waals surface area contributed by atoms with E-state index < -0.39 is 32.0 Å². The first-order valence-corrected chi connectivity index (χ1v) is 14.1. The number of amides is 1. The molecular formula is C24H24ClN3O5S2. The van der Waals surface area contributed by atoms with Crippen molar-refractivity contribution in [3.63, 3.8) is 0 Å². The van der Waals surface area contributed by atoms with Crippen molar-refractivity contribution >= 4 is 43.2 Å². The third kappa shape index (κ3) is 5.26. The first-order valence-electron chi connectivity index (χ1n) is 10.8. The van der Waals surface area contributed by atoms with Crippen LogP contribution in [0.25, 0.3) is 0 Å². The number of nitrogens with one attached hydrogen (secondary N) is 1. The lowest BCUT2D eigenvalue weighted by Crippen LogP contribution is -2.60. The Morgan fingerprint density at radius 2 is 1.43 bits per heavy atom. The Bertz CT molecular complexity index is 1430. The van der Waals surface area contributed by atoms with E-state index in [2.05, 4.69) is 5.32 Å². The summed E-state index contributed by atoms with van der Waals surface area (Å²) in [5.41, 5.74) is 1.15. The summed E-state index contributed by atoms with van der Waals surface area (Å²) in [7, 11) is -8.00. The minimum absolute atomic E-state index is 0.0276. The molecule has 184 valence electrons. The number of anilines is 1. The van der Waals surface area contributed by atoms with Crippen LogP contribution in [0.5, 0.6) is 0 Å². The Kier molecular flexibility index (Phi) is 7.30. The number of hydrogen-bond donors (Lipinski definition) is 1. The number of nitrogens with zero attached hydrogens (tertiary/aromatic N) is 2. The van der Waals surface area contributed by atoms with Gasteiger partial charge in [0, 0.05) is 30.3 Å². The molecule has 1 N–H and O–H groups in total. The molecule has 8 nitrogen and oxygen atoms in total. The lowest BCUT2D eigenvalue weighted by Gasteiger charge is -2.39. The van der Waals surface area contributed by atoms with Crippen LogP contribution in [0, 0.1) is 6.92 Å². The number of rotatable bonds is 6. The van der Waals surface area contributed by atoms with Crippen LogP contribution in [0.15, 0.2) is 88.7 Å². The van der Waals surface area contributed by atoms with E-state index in [1.807, 2.05) is 0 Å². The minimum atomic E-state index is -4.07. The number of halogens is 1. The molecule has 1 heterocycles. The van der Waals surface area contributed by atoms with Gasteiger partial charge in [0.25, 0.3) is 0 Å². The molecule has 0 aromatic heterocycles. The molecule has 0 unspecified atom stereocenters. The molecule has 0 spiro atoms. The van der Waals surface area contributed by atoms with Gasteiger partial charge in [-0.2, -0.15) is 8.61 Å². The third-order valence-corrected chi connectivity index (χ3v) is 9.81. The first kappa shape index (κ1) is 25.3. The second kappa shape index (κ2) is 10.1. The molecular weight excluding hydrogens is 510 g/mol. The molecule has 0 bridgehead atoms. The molecule has 3 aromatic carbocycles. The van der Waals surface area contributed by atoms with Crippen molar-refractivity contribution in [2.75, 3.05) is 25.0 Å². The van der Waals surface area contributed by atoms with Crippen LogP contribution < -0.4 is 5.32 Å². The van der Waals surface area contributed by atoms with Gasteiger partial charge in [0.05, 0.1) is 9.79 Å². The van der Waals surface area contributed by atoms with Gasteiger partial charge < -0.3 is 5.32 Å². The maximum Gasteiger partial charge on any atom is 0.244 e. The van der Waals surface area contributed by atoms with Crippen LogP contribution >= 0.6 is 11.6 Å². The second-order valence-corrected chi connectivity index (χ2v) is 12.3. The van der Waals surface area contributed by atoms with Gasteiger partial charge in [-0.3, -0.25) is 4.79 Å². The van der Waals surface area contributed by atoms with Gasteiger partial charge in [-0.25, -0.2) is 16.8 Å². The molecule has 11 heteroatoms. The third-order valence-electron chi connectivity index (χ3n) is 5.77. The van der Waals surface area contributed by atoms with E-state index in [1.54, 1.807) is 61.5 Å². The van der Waals surface area contributed by atoms with Crippen molar-refractivity contribution in [3.8, 4) is 0 Å². The highest BCUT2D eigenvalue weighted by atomic mass is 35.5. The smallest absolute Gasteiger partial charge is 0.244 e. The van der Waals surface area contributed by atoms with Crippen molar-refractivity contribution in [2.45, 2.75) is 22.8 Å². The summed E-state index contributed by atoms with van der Waals surface area (Å²) in [4.78, 5) is 13.5. The number of hydrogen-bond acceptors (Lipinski definition) is 5. The molecule has 0 radical (unpaired) electrons. The van der Waals surface area contributed by atoms with E-state index in [0.29, 0.717) is 16.3 Å². The highest BCUT2D eigenvalue weighted by Crippen LogP contribution is 2.27. The Hall–Kier alpha value is -2.76. The molecule has 1 atom stereocenters. The van der Waals surface area contributed by atoms with Gasteiger partial charge in [0.1, 0.15) is 6.04 Å². The van der Waals surface area contributed by atoms with Gasteiger partial charge in [-0.05, 0) is 55.0 Å². The van der Waals surface area contributed by atoms with E-state index in [4.69, 9.17) is 11.6 Å². The molecule has 1 amide bonds. The zero-order chi connectivity index (χ0) is 25.2. The average molecular weight is 534 g/mol. The molecule has 4 rings (SSSR count). The van der Waals surface area contributed by atoms with E-state index in [9.17, 15) is 21.6 Å². The number of piperazine rings is 1. The molecule has 1 aliphatic rings. The normalized spacial score (nSPS) is 17.7. The van der Waals surface area contributed by atoms with Crippen LogP contribution in [-0.4, -0.2) is 57.0 Å². The summed E-state index contributed by atoms with van der Waals surface area (Å²) in [6.45, 7) is 1.16. The fourth-order valence-electron chi connectivity index (χ4n) is 3.91. The predicted octanol–water partition coefficient (Wildman–Crippen LogP) is 3.35. The highest BCUT2D eigenvalue weighted by Gasteiger charge is 2.43. The summed E-state index contributed by atoms with van der Waals surface area (Å²) in [5.74, 6) is -0.636. The van der Waals surface area contributed by atoms with Crippen LogP contribution in [0.1, 0.15) is 5.56 Å². The van der Waals surface area contributed by atoms with E-state index >= 15 is 0 Å². The summed E-state index contributed by atoms with van der Waals surface area (Å²) in [6.07, 6.45) is 0. The lowest BCUT2D eigenvalue weighted by molar-refractivity contribution is -0.120. The Morgan fingerprint density at radius 1 is 0.857 bits per heavy atom. The molecule has 35 heavy (non-hydrogen) atoms. The number of carbonyl (C=O) groups is 1. The predicted molar refractivity (Wildman–Crippen MR) is 134 cm³/mol. The molecule has 1 aliphatic heterocycles. The van der Waals surface area contributed by atoms with Crippen molar-refractivity contribution in [1.29, 1.82) is 0 Å². The van der Waals surface area contributed by atoms with Crippen molar-refractivity contribution in [2.24, 2.45) is 0 Å². The molecule has 0 aliphatic carbocycles. The minimum Gasteiger partial charge on any atom is -0.324 e. The van der Waals surface area contributed by atoms with E-state index in [0.717, 1.165) is 8.61 Å². The van der Waals surface area contributed by atoms with Gasteiger partial charge in [0.15, 0.2) is 0 Å². The maximum atomic E-state index is 13.5. The highest BCUT2D eigenvalue weighted by molar-refractivity contribution is 7.89. The standard InChI is InChI=1S/C24H24ClN3O5S2/c1-18-16-19(25)12-13-22(18)26-24(29)23-17-27(34(30,31)20-8-4-2-5-9-20)14-15-28(23)35(32,33)21-10-6-3-7-11-21/h2-13,16,23H,14-15,17H2,1H3,(H,26,29)/t23-/m1/s1. The topological polar surface area (TPSA) is 104 Å². The second-order valence-electron chi connectivity index (χ2n) is 8.07. The average Bonchev–Trinajstić information content (AvgIpc) is 2.86. The Balaban J connectivity index is 1.70.